The third-order valence-electron chi connectivity index (χ3n) is 6.65. The molecule has 0 radical (unpaired) electrons. The van der Waals surface area contributed by atoms with Crippen molar-refractivity contribution in [3.63, 3.8) is 0 Å². The van der Waals surface area contributed by atoms with Gasteiger partial charge in [-0.3, -0.25) is 19.3 Å². The molecule has 1 atom stereocenters. The first-order valence-electron chi connectivity index (χ1n) is 11.9. The van der Waals surface area contributed by atoms with E-state index in [0.29, 0.717) is 49.5 Å². The van der Waals surface area contributed by atoms with Crippen LogP contribution in [0.2, 0.25) is 0 Å². The number of rotatable bonds is 5. The van der Waals surface area contributed by atoms with Crippen LogP contribution >= 0.6 is 0 Å². The number of carbonyl (C=O) groups is 3. The van der Waals surface area contributed by atoms with E-state index in [2.05, 4.69) is 5.32 Å². The van der Waals surface area contributed by atoms with Crippen molar-refractivity contribution in [3.8, 4) is 11.5 Å². The first kappa shape index (κ1) is 23.2. The fraction of sp³-hybridized carbons (Fsp3) is 0.480. The standard InChI is InChI=1S/C25H29N3O7/c1-16(2)13-26-22(29)18-14-35-25(28(18)24(31)20-4-3-11-32-20)7-9-27(10-8-25)23(30)17-5-6-19-21(12-17)34-15-33-19/h3-6,11-12,16,18H,7-10,13-15H2,1-2H3,(H,26,29). The number of nitrogens with zero attached hydrogens (tertiary/aromatic N) is 2. The van der Waals surface area contributed by atoms with E-state index in [4.69, 9.17) is 18.6 Å². The summed E-state index contributed by atoms with van der Waals surface area (Å²) < 4.78 is 22.3. The molecule has 1 unspecified atom stereocenters. The number of piperidine rings is 1. The van der Waals surface area contributed by atoms with Gasteiger partial charge in [-0.1, -0.05) is 13.8 Å². The molecule has 2 saturated heterocycles. The summed E-state index contributed by atoms with van der Waals surface area (Å²) in [4.78, 5) is 42.9. The van der Waals surface area contributed by atoms with Crippen LogP contribution < -0.4 is 14.8 Å². The highest BCUT2D eigenvalue weighted by atomic mass is 16.7. The van der Waals surface area contributed by atoms with E-state index in [1.54, 1.807) is 35.2 Å². The van der Waals surface area contributed by atoms with Gasteiger partial charge in [0.05, 0.1) is 12.9 Å². The molecule has 10 nitrogen and oxygen atoms in total. The van der Waals surface area contributed by atoms with Gasteiger partial charge in [-0.25, -0.2) is 0 Å². The molecule has 2 aromatic rings. The topological polar surface area (TPSA) is 111 Å². The molecule has 2 fully saturated rings. The number of benzene rings is 1. The van der Waals surface area contributed by atoms with Crippen LogP contribution in [0.4, 0.5) is 0 Å². The molecule has 3 amide bonds. The van der Waals surface area contributed by atoms with Crippen LogP contribution in [0.15, 0.2) is 41.0 Å². The van der Waals surface area contributed by atoms with Crippen LogP contribution in [0.25, 0.3) is 0 Å². The predicted octanol–water partition coefficient (Wildman–Crippen LogP) is 2.25. The fourth-order valence-electron chi connectivity index (χ4n) is 4.78. The fourth-order valence-corrected chi connectivity index (χ4v) is 4.78. The molecule has 0 saturated carbocycles. The Morgan fingerprint density at radius 2 is 1.86 bits per heavy atom. The van der Waals surface area contributed by atoms with Crippen LogP contribution in [0, 0.1) is 5.92 Å². The molecular weight excluding hydrogens is 454 g/mol. The van der Waals surface area contributed by atoms with E-state index in [-0.39, 0.29) is 36.9 Å². The van der Waals surface area contributed by atoms with E-state index in [1.807, 2.05) is 13.8 Å². The number of likely N-dealkylation sites (tertiary alicyclic amines) is 1. The highest BCUT2D eigenvalue weighted by Crippen LogP contribution is 2.39. The maximum atomic E-state index is 13.4. The number of hydrogen-bond donors (Lipinski definition) is 1. The molecule has 35 heavy (non-hydrogen) atoms. The molecule has 3 aliphatic rings. The number of nitrogens with one attached hydrogen (secondary N) is 1. The lowest BCUT2D eigenvalue weighted by Gasteiger charge is -2.44. The number of amides is 3. The zero-order chi connectivity index (χ0) is 24.6. The molecule has 186 valence electrons. The van der Waals surface area contributed by atoms with E-state index in [0.717, 1.165) is 0 Å². The minimum absolute atomic E-state index is 0.0898. The zero-order valence-corrected chi connectivity index (χ0v) is 19.8. The van der Waals surface area contributed by atoms with Crippen LogP contribution in [0.1, 0.15) is 47.6 Å². The van der Waals surface area contributed by atoms with Gasteiger partial charge in [0.25, 0.3) is 11.8 Å². The first-order chi connectivity index (χ1) is 16.9. The van der Waals surface area contributed by atoms with Crippen molar-refractivity contribution in [1.29, 1.82) is 0 Å². The van der Waals surface area contributed by atoms with Crippen molar-refractivity contribution in [3.05, 3.63) is 47.9 Å². The van der Waals surface area contributed by atoms with Gasteiger partial charge in [-0.15, -0.1) is 0 Å². The quantitative estimate of drug-likeness (QED) is 0.695. The molecule has 3 aliphatic heterocycles. The molecule has 5 rings (SSSR count). The lowest BCUT2D eigenvalue weighted by Crippen LogP contribution is -2.60. The summed E-state index contributed by atoms with van der Waals surface area (Å²) in [5, 5.41) is 2.92. The summed E-state index contributed by atoms with van der Waals surface area (Å²) in [6.45, 7) is 5.49. The molecule has 4 heterocycles. The van der Waals surface area contributed by atoms with Gasteiger partial charge >= 0.3 is 0 Å². The van der Waals surface area contributed by atoms with Crippen LogP contribution in [0.3, 0.4) is 0 Å². The Hall–Kier alpha value is -3.53. The Kier molecular flexibility index (Phi) is 6.14. The number of ether oxygens (including phenoxy) is 3. The van der Waals surface area contributed by atoms with Gasteiger partial charge in [0.2, 0.25) is 12.7 Å². The maximum Gasteiger partial charge on any atom is 0.292 e. The van der Waals surface area contributed by atoms with Gasteiger partial charge in [0, 0.05) is 38.0 Å². The predicted molar refractivity (Wildman–Crippen MR) is 123 cm³/mol. The minimum Gasteiger partial charge on any atom is -0.459 e. The van der Waals surface area contributed by atoms with Crippen molar-refractivity contribution >= 4 is 17.7 Å². The smallest absolute Gasteiger partial charge is 0.292 e. The average molecular weight is 484 g/mol. The van der Waals surface area contributed by atoms with Crippen LogP contribution in [0.5, 0.6) is 11.5 Å². The molecular formula is C25H29N3O7. The molecule has 1 spiro atoms. The second kappa shape index (κ2) is 9.26. The maximum absolute atomic E-state index is 13.4. The van der Waals surface area contributed by atoms with Gasteiger partial charge in [-0.2, -0.15) is 0 Å². The minimum atomic E-state index is -0.991. The van der Waals surface area contributed by atoms with E-state index in [9.17, 15) is 14.4 Å². The molecule has 0 bridgehead atoms. The summed E-state index contributed by atoms with van der Waals surface area (Å²) in [7, 11) is 0. The second-order valence-corrected chi connectivity index (χ2v) is 9.42. The van der Waals surface area contributed by atoms with Crippen molar-refractivity contribution < 1.29 is 33.0 Å². The largest absolute Gasteiger partial charge is 0.459 e. The summed E-state index contributed by atoms with van der Waals surface area (Å²) in [6, 6.07) is 7.57. The molecule has 0 aliphatic carbocycles. The highest BCUT2D eigenvalue weighted by molar-refractivity contribution is 5.97. The lowest BCUT2D eigenvalue weighted by atomic mass is 9.96. The van der Waals surface area contributed by atoms with Gasteiger partial charge < -0.3 is 28.8 Å². The van der Waals surface area contributed by atoms with Crippen molar-refractivity contribution in [2.24, 2.45) is 5.92 Å². The number of furan rings is 1. The summed E-state index contributed by atoms with van der Waals surface area (Å²) in [5.41, 5.74) is -0.484. The second-order valence-electron chi connectivity index (χ2n) is 9.42. The Morgan fingerprint density at radius 1 is 1.09 bits per heavy atom. The van der Waals surface area contributed by atoms with Crippen molar-refractivity contribution in [1.82, 2.24) is 15.1 Å². The Balaban J connectivity index is 1.33. The molecule has 1 N–H and O–H groups in total. The summed E-state index contributed by atoms with van der Waals surface area (Å²) in [6.07, 6.45) is 2.19. The van der Waals surface area contributed by atoms with Crippen molar-refractivity contribution in [2.75, 3.05) is 33.0 Å². The Bertz CT molecular complexity index is 1110. The Morgan fingerprint density at radius 3 is 2.57 bits per heavy atom. The number of fused-ring (bicyclic) bond motifs is 1. The highest BCUT2D eigenvalue weighted by Gasteiger charge is 2.54. The lowest BCUT2D eigenvalue weighted by molar-refractivity contribution is -0.128. The molecule has 1 aromatic heterocycles. The third kappa shape index (κ3) is 4.34. The number of hydrogen-bond acceptors (Lipinski definition) is 7. The average Bonchev–Trinajstić information content (AvgIpc) is 3.62. The van der Waals surface area contributed by atoms with Gasteiger partial charge in [-0.05, 0) is 36.2 Å². The van der Waals surface area contributed by atoms with E-state index in [1.165, 1.54) is 11.2 Å². The Labute approximate surface area is 203 Å². The van der Waals surface area contributed by atoms with Gasteiger partial charge in [0.15, 0.2) is 17.3 Å². The number of carbonyl (C=O) groups excluding carboxylic acids is 3. The van der Waals surface area contributed by atoms with Gasteiger partial charge in [0.1, 0.15) is 11.8 Å². The van der Waals surface area contributed by atoms with Crippen LogP contribution in [-0.2, 0) is 9.53 Å². The van der Waals surface area contributed by atoms with Crippen molar-refractivity contribution in [2.45, 2.75) is 38.5 Å². The third-order valence-corrected chi connectivity index (χ3v) is 6.65. The van der Waals surface area contributed by atoms with E-state index < -0.39 is 17.7 Å². The summed E-state index contributed by atoms with van der Waals surface area (Å²) >= 11 is 0. The summed E-state index contributed by atoms with van der Waals surface area (Å²) in [5.74, 6) is 0.806. The van der Waals surface area contributed by atoms with E-state index >= 15 is 0 Å². The first-order valence-corrected chi connectivity index (χ1v) is 11.9. The zero-order valence-electron chi connectivity index (χ0n) is 19.8. The SMILES string of the molecule is CC(C)CNC(=O)C1COC2(CCN(C(=O)c3ccc4c(c3)OCO4)CC2)N1C(=O)c1ccco1. The molecule has 10 heteroatoms. The monoisotopic (exact) mass is 483 g/mol. The normalized spacial score (nSPS) is 20.5. The molecule has 1 aromatic carbocycles. The van der Waals surface area contributed by atoms with Crippen LogP contribution in [-0.4, -0.2) is 72.3 Å².